The van der Waals surface area contributed by atoms with E-state index in [2.05, 4.69) is 0 Å². The first-order valence-corrected chi connectivity index (χ1v) is 5.96. The van der Waals surface area contributed by atoms with Crippen molar-refractivity contribution in [1.82, 2.24) is 0 Å². The molecule has 0 aliphatic heterocycles. The van der Waals surface area contributed by atoms with Crippen molar-refractivity contribution in [2.24, 2.45) is 5.14 Å². The van der Waals surface area contributed by atoms with E-state index in [4.69, 9.17) is 9.88 Å². The molecule has 0 aliphatic rings. The summed E-state index contributed by atoms with van der Waals surface area (Å²) in [6.07, 6.45) is 0. The summed E-state index contributed by atoms with van der Waals surface area (Å²) in [6, 6.07) is 16.3. The van der Waals surface area contributed by atoms with E-state index in [-0.39, 0.29) is 0 Å². The van der Waals surface area contributed by atoms with Crippen LogP contribution in [0.3, 0.4) is 0 Å². The molecule has 0 fully saturated rings. The Balaban J connectivity index is 2.19. The van der Waals surface area contributed by atoms with E-state index in [1.54, 1.807) is 24.3 Å². The molecular weight excluding hydrogens is 222 g/mol. The Labute approximate surface area is 97.2 Å². The molecule has 1 atom stereocenters. The van der Waals surface area contributed by atoms with Crippen molar-refractivity contribution in [2.75, 3.05) is 0 Å². The van der Waals surface area contributed by atoms with E-state index in [0.717, 1.165) is 5.75 Å². The van der Waals surface area contributed by atoms with Crippen molar-refractivity contribution in [1.29, 1.82) is 0 Å². The van der Waals surface area contributed by atoms with Crippen LogP contribution in [0.5, 0.6) is 11.5 Å². The average molecular weight is 233 g/mol. The lowest BCUT2D eigenvalue weighted by atomic mass is 10.3. The van der Waals surface area contributed by atoms with Gasteiger partial charge in [0, 0.05) is 6.07 Å². The largest absolute Gasteiger partial charge is 0.593 e. The molecule has 0 heterocycles. The molecule has 1 unspecified atom stereocenters. The summed E-state index contributed by atoms with van der Waals surface area (Å²) in [4.78, 5) is 0.549. The van der Waals surface area contributed by atoms with Crippen molar-refractivity contribution in [3.8, 4) is 11.5 Å². The van der Waals surface area contributed by atoms with Crippen molar-refractivity contribution in [2.45, 2.75) is 4.90 Å². The number of rotatable bonds is 3. The number of hydrogen-bond acceptors (Lipinski definition) is 3. The topological polar surface area (TPSA) is 58.3 Å². The highest BCUT2D eigenvalue weighted by Crippen LogP contribution is 2.22. The van der Waals surface area contributed by atoms with Crippen LogP contribution in [-0.2, 0) is 11.4 Å². The van der Waals surface area contributed by atoms with Crippen LogP contribution in [0.4, 0.5) is 0 Å². The van der Waals surface area contributed by atoms with E-state index in [1.807, 2.05) is 30.3 Å². The molecule has 2 aromatic rings. The highest BCUT2D eigenvalue weighted by atomic mass is 32.2. The SMILES string of the molecule is N[S+]([O-])c1cccc(Oc2ccccc2)c1. The van der Waals surface area contributed by atoms with E-state index < -0.39 is 11.4 Å². The first kappa shape index (κ1) is 11.0. The fourth-order valence-electron chi connectivity index (χ4n) is 1.29. The molecule has 2 N–H and O–H groups in total. The van der Waals surface area contributed by atoms with Crippen LogP contribution in [0, 0.1) is 0 Å². The molecule has 82 valence electrons. The lowest BCUT2D eigenvalue weighted by Gasteiger charge is -2.07. The van der Waals surface area contributed by atoms with Gasteiger partial charge in [0.05, 0.1) is 11.4 Å². The van der Waals surface area contributed by atoms with Crippen LogP contribution in [0.15, 0.2) is 59.5 Å². The molecule has 0 saturated carbocycles. The number of benzene rings is 2. The first-order valence-electron chi connectivity index (χ1n) is 4.75. The summed E-state index contributed by atoms with van der Waals surface area (Å²) in [5.74, 6) is 1.37. The summed E-state index contributed by atoms with van der Waals surface area (Å²) < 4.78 is 16.7. The van der Waals surface area contributed by atoms with Crippen molar-refractivity contribution in [3.05, 3.63) is 54.6 Å². The summed E-state index contributed by atoms with van der Waals surface area (Å²) >= 11 is -1.48. The predicted molar refractivity (Wildman–Crippen MR) is 63.6 cm³/mol. The summed E-state index contributed by atoms with van der Waals surface area (Å²) in [6.45, 7) is 0. The Morgan fingerprint density at radius 2 is 1.62 bits per heavy atom. The van der Waals surface area contributed by atoms with E-state index in [9.17, 15) is 4.55 Å². The number of hydrogen-bond donors (Lipinski definition) is 1. The summed E-state index contributed by atoms with van der Waals surface area (Å²) in [7, 11) is 0. The highest BCUT2D eigenvalue weighted by Gasteiger charge is 2.06. The van der Waals surface area contributed by atoms with Gasteiger partial charge in [0.1, 0.15) is 11.5 Å². The zero-order chi connectivity index (χ0) is 11.4. The molecule has 0 amide bonds. The van der Waals surface area contributed by atoms with Crippen molar-refractivity contribution in [3.63, 3.8) is 0 Å². The quantitative estimate of drug-likeness (QED) is 0.828. The molecule has 0 spiro atoms. The summed E-state index contributed by atoms with van der Waals surface area (Å²) in [5.41, 5.74) is 0. The highest BCUT2D eigenvalue weighted by molar-refractivity contribution is 7.89. The molecule has 2 rings (SSSR count). The number of para-hydroxylation sites is 1. The fourth-order valence-corrected chi connectivity index (χ4v) is 1.73. The zero-order valence-corrected chi connectivity index (χ0v) is 9.31. The second-order valence-electron chi connectivity index (χ2n) is 3.19. The average Bonchev–Trinajstić information content (AvgIpc) is 2.30. The van der Waals surface area contributed by atoms with Crippen LogP contribution in [0.25, 0.3) is 0 Å². The standard InChI is InChI=1S/C12H11NO2S/c13-16(14)12-8-4-7-11(9-12)15-10-5-2-1-3-6-10/h1-9H,13H2. The minimum atomic E-state index is -1.48. The normalized spacial score (nSPS) is 12.1. The lowest BCUT2D eigenvalue weighted by Crippen LogP contribution is -2.11. The molecule has 0 saturated heterocycles. The van der Waals surface area contributed by atoms with Gasteiger partial charge in [0.2, 0.25) is 0 Å². The minimum absolute atomic E-state index is 0.549. The molecule has 16 heavy (non-hydrogen) atoms. The molecule has 0 radical (unpaired) electrons. The molecule has 2 aromatic carbocycles. The van der Waals surface area contributed by atoms with E-state index in [0.29, 0.717) is 10.6 Å². The van der Waals surface area contributed by atoms with Crippen LogP contribution in [0.2, 0.25) is 0 Å². The maximum Gasteiger partial charge on any atom is 0.177 e. The third-order valence-electron chi connectivity index (χ3n) is 2.02. The van der Waals surface area contributed by atoms with E-state index in [1.165, 1.54) is 0 Å². The van der Waals surface area contributed by atoms with Gasteiger partial charge in [-0.15, -0.1) is 5.14 Å². The number of ether oxygens (including phenoxy) is 1. The van der Waals surface area contributed by atoms with E-state index >= 15 is 0 Å². The van der Waals surface area contributed by atoms with Crippen LogP contribution in [0.1, 0.15) is 0 Å². The number of nitrogens with two attached hydrogens (primary N) is 1. The zero-order valence-electron chi connectivity index (χ0n) is 8.50. The van der Waals surface area contributed by atoms with Gasteiger partial charge in [-0.05, 0) is 24.3 Å². The molecular formula is C12H11NO2S. The van der Waals surface area contributed by atoms with Crippen LogP contribution >= 0.6 is 0 Å². The monoisotopic (exact) mass is 233 g/mol. The predicted octanol–water partition coefficient (Wildman–Crippen LogP) is 2.46. The van der Waals surface area contributed by atoms with Gasteiger partial charge in [-0.25, -0.2) is 0 Å². The van der Waals surface area contributed by atoms with Gasteiger partial charge in [-0.3, -0.25) is 0 Å². The van der Waals surface area contributed by atoms with Gasteiger partial charge in [-0.1, -0.05) is 24.3 Å². The molecule has 0 aliphatic carbocycles. The first-order chi connectivity index (χ1) is 7.75. The van der Waals surface area contributed by atoms with Gasteiger partial charge in [0.25, 0.3) is 0 Å². The van der Waals surface area contributed by atoms with Crippen LogP contribution < -0.4 is 9.88 Å². The molecule has 0 aromatic heterocycles. The second-order valence-corrected chi connectivity index (χ2v) is 4.25. The van der Waals surface area contributed by atoms with Gasteiger partial charge in [0.15, 0.2) is 4.90 Å². The minimum Gasteiger partial charge on any atom is -0.593 e. The van der Waals surface area contributed by atoms with Crippen molar-refractivity contribution >= 4 is 11.4 Å². The molecule has 4 heteroatoms. The Morgan fingerprint density at radius 3 is 2.31 bits per heavy atom. The van der Waals surface area contributed by atoms with Crippen LogP contribution in [-0.4, -0.2) is 4.55 Å². The van der Waals surface area contributed by atoms with Gasteiger partial charge >= 0.3 is 0 Å². The van der Waals surface area contributed by atoms with Gasteiger partial charge < -0.3 is 9.29 Å². The fraction of sp³-hybridized carbons (Fsp3) is 0. The van der Waals surface area contributed by atoms with Crippen molar-refractivity contribution < 1.29 is 9.29 Å². The maximum atomic E-state index is 11.1. The maximum absolute atomic E-state index is 11.1. The summed E-state index contributed by atoms with van der Waals surface area (Å²) in [5, 5.41) is 5.29. The third-order valence-corrected chi connectivity index (χ3v) is 2.74. The molecule has 0 bridgehead atoms. The molecule has 3 nitrogen and oxygen atoms in total. The third kappa shape index (κ3) is 2.76. The second kappa shape index (κ2) is 5.03. The Hall–Kier alpha value is -1.49. The lowest BCUT2D eigenvalue weighted by molar-refractivity contribution is 0.481. The Kier molecular flexibility index (Phi) is 3.46. The smallest absolute Gasteiger partial charge is 0.177 e. The van der Waals surface area contributed by atoms with Gasteiger partial charge in [-0.2, -0.15) is 0 Å². The Bertz CT molecular complexity index is 460. The Morgan fingerprint density at radius 1 is 0.938 bits per heavy atom.